The molecule has 20 heavy (non-hydrogen) atoms. The summed E-state index contributed by atoms with van der Waals surface area (Å²) in [4.78, 5) is 24.8. The van der Waals surface area contributed by atoms with E-state index in [0.29, 0.717) is 6.04 Å². The van der Waals surface area contributed by atoms with Gasteiger partial charge in [-0.2, -0.15) is 0 Å². The molecule has 0 aromatic carbocycles. The van der Waals surface area contributed by atoms with Crippen LogP contribution in [0.3, 0.4) is 0 Å². The first-order chi connectivity index (χ1) is 9.47. The Morgan fingerprint density at radius 1 is 1.25 bits per heavy atom. The maximum absolute atomic E-state index is 11.7. The summed E-state index contributed by atoms with van der Waals surface area (Å²) in [6.45, 7) is 7.75. The molecule has 2 fully saturated rings. The normalized spacial score (nSPS) is 25.7. The predicted molar refractivity (Wildman–Crippen MR) is 76.9 cm³/mol. The highest BCUT2D eigenvalue weighted by molar-refractivity contribution is 5.77. The Hall–Kier alpha value is -1.85. The van der Waals surface area contributed by atoms with Crippen LogP contribution in [0.5, 0.6) is 0 Å². The molecule has 0 spiro atoms. The van der Waals surface area contributed by atoms with E-state index >= 15 is 0 Å². The Balaban J connectivity index is 1.86. The van der Waals surface area contributed by atoms with E-state index < -0.39 is 0 Å². The van der Waals surface area contributed by atoms with Crippen molar-refractivity contribution < 1.29 is 4.79 Å². The number of nitrogens with zero attached hydrogens (tertiary/aromatic N) is 4. The second kappa shape index (κ2) is 4.61. The quantitative estimate of drug-likeness (QED) is 0.831. The van der Waals surface area contributed by atoms with Gasteiger partial charge in [-0.05, 0) is 27.2 Å². The van der Waals surface area contributed by atoms with Crippen LogP contribution < -0.4 is 10.2 Å². The van der Waals surface area contributed by atoms with Crippen molar-refractivity contribution in [1.82, 2.24) is 20.2 Å². The molecule has 6 nitrogen and oxygen atoms in total. The predicted octanol–water partition coefficient (Wildman–Crippen LogP) is 1.00. The van der Waals surface area contributed by atoms with Crippen molar-refractivity contribution in [3.05, 3.63) is 17.1 Å². The van der Waals surface area contributed by atoms with Gasteiger partial charge in [-0.15, -0.1) is 0 Å². The second-order valence-electron chi connectivity index (χ2n) is 5.77. The molecule has 0 radical (unpaired) electrons. The highest BCUT2D eigenvalue weighted by Gasteiger charge is 2.41. The number of likely N-dealkylation sites (N-methyl/N-ethyl adjacent to an activating group) is 1. The van der Waals surface area contributed by atoms with E-state index in [1.165, 1.54) is 0 Å². The van der Waals surface area contributed by atoms with Crippen LogP contribution in [0.4, 0.5) is 10.6 Å². The Kier molecular flexibility index (Phi) is 3.03. The minimum Gasteiger partial charge on any atom is -0.354 e. The molecular weight excluding hydrogens is 254 g/mol. The molecule has 0 unspecified atom stereocenters. The smallest absolute Gasteiger partial charge is 0.317 e. The van der Waals surface area contributed by atoms with Gasteiger partial charge in [0.25, 0.3) is 0 Å². The maximum atomic E-state index is 11.7. The molecule has 108 valence electrons. The number of anilines is 1. The number of rotatable bonds is 1. The summed E-state index contributed by atoms with van der Waals surface area (Å²) in [5.41, 5.74) is 2.16. The lowest BCUT2D eigenvalue weighted by molar-refractivity contribution is 0.212. The van der Waals surface area contributed by atoms with Gasteiger partial charge >= 0.3 is 6.03 Å². The molecule has 6 heteroatoms. The van der Waals surface area contributed by atoms with Crippen molar-refractivity contribution in [2.75, 3.05) is 25.0 Å². The van der Waals surface area contributed by atoms with Crippen molar-refractivity contribution in [3.63, 3.8) is 0 Å². The average Bonchev–Trinajstić information content (AvgIpc) is 2.69. The van der Waals surface area contributed by atoms with E-state index in [1.807, 2.05) is 25.8 Å². The van der Waals surface area contributed by atoms with Gasteiger partial charge < -0.3 is 15.1 Å². The van der Waals surface area contributed by atoms with Gasteiger partial charge in [0.2, 0.25) is 0 Å². The first-order valence-corrected chi connectivity index (χ1v) is 7.07. The van der Waals surface area contributed by atoms with Crippen LogP contribution in [0.25, 0.3) is 0 Å². The summed E-state index contributed by atoms with van der Waals surface area (Å²) in [6, 6.07) is 0.535. The molecule has 1 aromatic rings. The lowest BCUT2D eigenvalue weighted by Gasteiger charge is -2.37. The SMILES string of the molecule is Cc1nc(C)c(C)c(N2CC[C@H]3[C@@H](C2)NC(=O)N3C)n1. The fourth-order valence-corrected chi connectivity index (χ4v) is 3.21. The van der Waals surface area contributed by atoms with Crippen molar-refractivity contribution in [2.24, 2.45) is 0 Å². The van der Waals surface area contributed by atoms with E-state index in [-0.39, 0.29) is 12.1 Å². The van der Waals surface area contributed by atoms with Crippen LogP contribution in [0.1, 0.15) is 23.5 Å². The third-order valence-electron chi connectivity index (χ3n) is 4.48. The third-order valence-corrected chi connectivity index (χ3v) is 4.48. The Morgan fingerprint density at radius 2 is 2.00 bits per heavy atom. The molecule has 0 bridgehead atoms. The number of aromatic nitrogens is 2. The summed E-state index contributed by atoms with van der Waals surface area (Å²) < 4.78 is 0. The maximum Gasteiger partial charge on any atom is 0.317 e. The lowest BCUT2D eigenvalue weighted by atomic mass is 10.00. The molecular formula is C14H21N5O. The molecule has 2 aliphatic heterocycles. The van der Waals surface area contributed by atoms with E-state index in [2.05, 4.69) is 27.1 Å². The molecule has 0 aliphatic carbocycles. The number of urea groups is 1. The summed E-state index contributed by atoms with van der Waals surface area (Å²) in [5, 5.41) is 3.06. The molecule has 0 saturated carbocycles. The fourth-order valence-electron chi connectivity index (χ4n) is 3.21. The van der Waals surface area contributed by atoms with Crippen LogP contribution in [-0.4, -0.2) is 53.1 Å². The van der Waals surface area contributed by atoms with Gasteiger partial charge in [0.05, 0.1) is 12.1 Å². The first kappa shape index (κ1) is 13.1. The highest BCUT2D eigenvalue weighted by Crippen LogP contribution is 2.27. The fraction of sp³-hybridized carbons (Fsp3) is 0.643. The zero-order chi connectivity index (χ0) is 14.4. The van der Waals surface area contributed by atoms with Crippen LogP contribution in [0, 0.1) is 20.8 Å². The molecule has 2 amide bonds. The number of hydrogen-bond acceptors (Lipinski definition) is 4. The zero-order valence-electron chi connectivity index (χ0n) is 12.5. The summed E-state index contributed by atoms with van der Waals surface area (Å²) >= 11 is 0. The third kappa shape index (κ3) is 1.99. The monoisotopic (exact) mass is 275 g/mol. The minimum absolute atomic E-state index is 0.0358. The van der Waals surface area contributed by atoms with E-state index in [9.17, 15) is 4.79 Å². The highest BCUT2D eigenvalue weighted by atomic mass is 16.2. The van der Waals surface area contributed by atoms with E-state index in [1.54, 1.807) is 0 Å². The number of carbonyl (C=O) groups excluding carboxylic acids is 1. The molecule has 2 saturated heterocycles. The van der Waals surface area contributed by atoms with Crippen LogP contribution >= 0.6 is 0 Å². The lowest BCUT2D eigenvalue weighted by Crippen LogP contribution is -2.51. The second-order valence-corrected chi connectivity index (χ2v) is 5.77. The Morgan fingerprint density at radius 3 is 2.75 bits per heavy atom. The minimum atomic E-state index is 0.0358. The van der Waals surface area contributed by atoms with Crippen molar-refractivity contribution >= 4 is 11.8 Å². The number of carbonyl (C=O) groups is 1. The van der Waals surface area contributed by atoms with Gasteiger partial charge in [-0.3, -0.25) is 0 Å². The van der Waals surface area contributed by atoms with Crippen molar-refractivity contribution in [1.29, 1.82) is 0 Å². The standard InChI is InChI=1S/C14H21N5O/c1-8-9(2)15-10(3)16-13(8)19-6-5-12-11(7-19)17-14(20)18(12)4/h11-12H,5-7H2,1-4H3,(H,17,20)/t11-,12+/m1/s1. The Labute approximate surface area is 119 Å². The molecule has 3 heterocycles. The molecule has 1 N–H and O–H groups in total. The molecule has 3 rings (SSSR count). The summed E-state index contributed by atoms with van der Waals surface area (Å²) in [7, 11) is 1.87. The molecule has 2 aliphatic rings. The van der Waals surface area contributed by atoms with Gasteiger partial charge in [0, 0.05) is 31.4 Å². The van der Waals surface area contributed by atoms with Crippen LogP contribution in [0.2, 0.25) is 0 Å². The van der Waals surface area contributed by atoms with Gasteiger partial charge in [0.15, 0.2) is 0 Å². The van der Waals surface area contributed by atoms with Crippen molar-refractivity contribution in [3.8, 4) is 0 Å². The molecule has 2 atom stereocenters. The van der Waals surface area contributed by atoms with Crippen molar-refractivity contribution in [2.45, 2.75) is 39.3 Å². The number of amides is 2. The summed E-state index contributed by atoms with van der Waals surface area (Å²) in [5.74, 6) is 1.81. The largest absolute Gasteiger partial charge is 0.354 e. The number of aryl methyl sites for hydroxylation is 2. The summed E-state index contributed by atoms with van der Waals surface area (Å²) in [6.07, 6.45) is 0.974. The topological polar surface area (TPSA) is 61.4 Å². The average molecular weight is 275 g/mol. The van der Waals surface area contributed by atoms with Gasteiger partial charge in [0.1, 0.15) is 11.6 Å². The number of nitrogens with one attached hydrogen (secondary N) is 1. The number of piperidine rings is 1. The zero-order valence-corrected chi connectivity index (χ0v) is 12.5. The van der Waals surface area contributed by atoms with Crippen LogP contribution in [-0.2, 0) is 0 Å². The van der Waals surface area contributed by atoms with Crippen LogP contribution in [0.15, 0.2) is 0 Å². The van der Waals surface area contributed by atoms with E-state index in [0.717, 1.165) is 42.4 Å². The Bertz CT molecular complexity index is 559. The number of fused-ring (bicyclic) bond motifs is 1. The van der Waals surface area contributed by atoms with Gasteiger partial charge in [-0.25, -0.2) is 14.8 Å². The van der Waals surface area contributed by atoms with E-state index in [4.69, 9.17) is 0 Å². The van der Waals surface area contributed by atoms with Gasteiger partial charge in [-0.1, -0.05) is 0 Å². The number of hydrogen-bond donors (Lipinski definition) is 1. The first-order valence-electron chi connectivity index (χ1n) is 7.07. The molecule has 1 aromatic heterocycles.